The molecule has 6 nitrogen and oxygen atoms in total. The monoisotopic (exact) mass is 320 g/mol. The largest absolute Gasteiger partial charge is 0.496 e. The molecule has 1 heterocycles. The minimum Gasteiger partial charge on any atom is -0.496 e. The Morgan fingerprint density at radius 2 is 1.75 bits per heavy atom. The quantitative estimate of drug-likeness (QED) is 0.693. The Morgan fingerprint density at radius 1 is 1.04 bits per heavy atom. The first-order valence-corrected chi connectivity index (χ1v) is 7.40. The van der Waals surface area contributed by atoms with E-state index in [1.165, 1.54) is 4.68 Å². The Bertz CT molecular complexity index is 933. The molecule has 2 aromatic carbocycles. The topological polar surface area (TPSA) is 69.4 Å². The fraction of sp³-hybridized carbons (Fsp3) is 0.111. The van der Waals surface area contributed by atoms with Crippen LogP contribution in [0, 0.1) is 6.92 Å². The number of ether oxygens (including phenoxy) is 1. The molecule has 0 saturated carbocycles. The van der Waals surface area contributed by atoms with Crippen molar-refractivity contribution in [3.8, 4) is 17.0 Å². The number of rotatable bonds is 4. The minimum absolute atomic E-state index is 0.262. The van der Waals surface area contributed by atoms with E-state index in [0.29, 0.717) is 17.1 Å². The van der Waals surface area contributed by atoms with E-state index in [1.807, 2.05) is 54.6 Å². The van der Waals surface area contributed by atoms with Crippen LogP contribution in [-0.4, -0.2) is 28.2 Å². The molecule has 0 saturated heterocycles. The average molecular weight is 320 g/mol. The maximum absolute atomic E-state index is 12.7. The number of aryl methyl sites for hydroxylation is 1. The summed E-state index contributed by atoms with van der Waals surface area (Å²) in [6.07, 6.45) is 1.57. The van der Waals surface area contributed by atoms with Gasteiger partial charge in [0.2, 0.25) is 0 Å². The van der Waals surface area contributed by atoms with E-state index in [2.05, 4.69) is 15.3 Å². The van der Waals surface area contributed by atoms with Crippen molar-refractivity contribution in [2.75, 3.05) is 7.11 Å². The third-order valence-electron chi connectivity index (χ3n) is 3.49. The average Bonchev–Trinajstić information content (AvgIpc) is 2.62. The summed E-state index contributed by atoms with van der Waals surface area (Å²) in [5.74, 6) is 1.09. The van der Waals surface area contributed by atoms with Gasteiger partial charge in [0, 0.05) is 11.1 Å². The third kappa shape index (κ3) is 3.08. The molecule has 1 aromatic heterocycles. The van der Waals surface area contributed by atoms with E-state index >= 15 is 0 Å². The molecule has 0 unspecified atom stereocenters. The van der Waals surface area contributed by atoms with Crippen LogP contribution in [0.25, 0.3) is 11.3 Å². The highest BCUT2D eigenvalue weighted by Gasteiger charge is 2.10. The maximum Gasteiger partial charge on any atom is 0.301 e. The standard InChI is InChI=1S/C18H16N4O2/c1-13-20-21-17(14-8-4-3-5-9-14)18(23)22(13)19-12-15-10-6-7-11-16(15)24-2/h3-12H,1-2H3/b19-12+. The lowest BCUT2D eigenvalue weighted by Gasteiger charge is -2.06. The van der Waals surface area contributed by atoms with Crippen molar-refractivity contribution in [1.29, 1.82) is 0 Å². The Kier molecular flexibility index (Phi) is 4.47. The van der Waals surface area contributed by atoms with Crippen molar-refractivity contribution in [3.63, 3.8) is 0 Å². The summed E-state index contributed by atoms with van der Waals surface area (Å²) >= 11 is 0. The van der Waals surface area contributed by atoms with E-state index in [4.69, 9.17) is 4.74 Å². The number of aromatic nitrogens is 3. The zero-order valence-electron chi connectivity index (χ0n) is 13.4. The molecule has 0 atom stereocenters. The normalized spacial score (nSPS) is 10.9. The van der Waals surface area contributed by atoms with Gasteiger partial charge < -0.3 is 4.74 Å². The van der Waals surface area contributed by atoms with E-state index in [1.54, 1.807) is 20.2 Å². The summed E-state index contributed by atoms with van der Waals surface area (Å²) in [5, 5.41) is 12.3. The number of benzene rings is 2. The molecule has 120 valence electrons. The first-order valence-electron chi connectivity index (χ1n) is 7.40. The van der Waals surface area contributed by atoms with Gasteiger partial charge in [0.05, 0.1) is 13.3 Å². The Balaban J connectivity index is 2.05. The van der Waals surface area contributed by atoms with E-state index in [9.17, 15) is 4.79 Å². The first-order chi connectivity index (χ1) is 11.7. The second-order valence-corrected chi connectivity index (χ2v) is 5.07. The molecule has 0 aliphatic rings. The smallest absolute Gasteiger partial charge is 0.301 e. The lowest BCUT2D eigenvalue weighted by molar-refractivity contribution is 0.414. The zero-order valence-corrected chi connectivity index (χ0v) is 13.4. The fourth-order valence-corrected chi connectivity index (χ4v) is 2.26. The Labute approximate surface area is 139 Å². The molecule has 3 rings (SSSR count). The second-order valence-electron chi connectivity index (χ2n) is 5.07. The zero-order chi connectivity index (χ0) is 16.9. The summed E-state index contributed by atoms with van der Waals surface area (Å²) in [5.41, 5.74) is 1.42. The summed E-state index contributed by atoms with van der Waals surface area (Å²) in [6.45, 7) is 1.68. The molecule has 0 N–H and O–H groups in total. The molecular weight excluding hydrogens is 304 g/mol. The predicted octanol–water partition coefficient (Wildman–Crippen LogP) is 2.50. The van der Waals surface area contributed by atoms with Gasteiger partial charge in [-0.2, -0.15) is 9.78 Å². The van der Waals surface area contributed by atoms with Crippen LogP contribution < -0.4 is 10.3 Å². The lowest BCUT2D eigenvalue weighted by atomic mass is 10.2. The van der Waals surface area contributed by atoms with Crippen LogP contribution in [-0.2, 0) is 0 Å². The molecule has 0 fully saturated rings. The van der Waals surface area contributed by atoms with Gasteiger partial charge in [-0.25, -0.2) is 0 Å². The van der Waals surface area contributed by atoms with Gasteiger partial charge in [0.25, 0.3) is 0 Å². The summed E-state index contributed by atoms with van der Waals surface area (Å²) in [4.78, 5) is 12.7. The molecule has 0 radical (unpaired) electrons. The first kappa shape index (κ1) is 15.6. The van der Waals surface area contributed by atoms with Crippen molar-refractivity contribution in [2.24, 2.45) is 5.10 Å². The number of hydrogen-bond acceptors (Lipinski definition) is 5. The van der Waals surface area contributed by atoms with Gasteiger partial charge in [0.1, 0.15) is 5.75 Å². The van der Waals surface area contributed by atoms with E-state index < -0.39 is 0 Å². The number of para-hydroxylation sites is 1. The molecule has 0 aliphatic carbocycles. The van der Waals surface area contributed by atoms with Crippen LogP contribution in [0.1, 0.15) is 11.4 Å². The van der Waals surface area contributed by atoms with Gasteiger partial charge in [0.15, 0.2) is 11.5 Å². The Hall–Kier alpha value is -3.28. The van der Waals surface area contributed by atoms with Gasteiger partial charge in [-0.05, 0) is 19.1 Å². The van der Waals surface area contributed by atoms with E-state index in [0.717, 1.165) is 5.56 Å². The molecule has 0 aliphatic heterocycles. The SMILES string of the molecule is COc1ccccc1/C=N/n1c(C)nnc(-c2ccccc2)c1=O. The van der Waals surface area contributed by atoms with Gasteiger partial charge in [-0.15, -0.1) is 10.2 Å². The summed E-state index contributed by atoms with van der Waals surface area (Å²) in [7, 11) is 1.59. The molecule has 0 bridgehead atoms. The van der Waals surface area contributed by atoms with Crippen molar-refractivity contribution in [3.05, 3.63) is 76.3 Å². The Morgan fingerprint density at radius 3 is 2.50 bits per heavy atom. The highest BCUT2D eigenvalue weighted by molar-refractivity contribution is 5.83. The highest BCUT2D eigenvalue weighted by Crippen LogP contribution is 2.15. The van der Waals surface area contributed by atoms with Crippen molar-refractivity contribution >= 4 is 6.21 Å². The van der Waals surface area contributed by atoms with Crippen molar-refractivity contribution in [2.45, 2.75) is 6.92 Å². The molecule has 0 amide bonds. The number of methoxy groups -OCH3 is 1. The van der Waals surface area contributed by atoms with E-state index in [-0.39, 0.29) is 11.3 Å². The van der Waals surface area contributed by atoms with Crippen LogP contribution in [0.15, 0.2) is 64.5 Å². The molecule has 24 heavy (non-hydrogen) atoms. The maximum atomic E-state index is 12.7. The molecular formula is C18H16N4O2. The van der Waals surface area contributed by atoms with Crippen molar-refractivity contribution < 1.29 is 4.74 Å². The van der Waals surface area contributed by atoms with Crippen molar-refractivity contribution in [1.82, 2.24) is 14.9 Å². The van der Waals surface area contributed by atoms with Gasteiger partial charge in [-0.1, -0.05) is 42.5 Å². The van der Waals surface area contributed by atoms with Crippen LogP contribution in [0.4, 0.5) is 0 Å². The number of nitrogens with zero attached hydrogens (tertiary/aromatic N) is 4. The minimum atomic E-state index is -0.320. The van der Waals surface area contributed by atoms with Gasteiger partial charge >= 0.3 is 5.56 Å². The highest BCUT2D eigenvalue weighted by atomic mass is 16.5. The second kappa shape index (κ2) is 6.87. The summed E-state index contributed by atoms with van der Waals surface area (Å²) in [6, 6.07) is 16.6. The molecule has 6 heteroatoms. The molecule has 0 spiro atoms. The van der Waals surface area contributed by atoms with Crippen LogP contribution in [0.2, 0.25) is 0 Å². The third-order valence-corrected chi connectivity index (χ3v) is 3.49. The molecule has 3 aromatic rings. The fourth-order valence-electron chi connectivity index (χ4n) is 2.26. The van der Waals surface area contributed by atoms with Crippen LogP contribution in [0.5, 0.6) is 5.75 Å². The van der Waals surface area contributed by atoms with Crippen LogP contribution in [0.3, 0.4) is 0 Å². The number of hydrogen-bond donors (Lipinski definition) is 0. The van der Waals surface area contributed by atoms with Gasteiger partial charge in [-0.3, -0.25) is 4.79 Å². The summed E-state index contributed by atoms with van der Waals surface area (Å²) < 4.78 is 6.52. The predicted molar refractivity (Wildman–Crippen MR) is 92.5 cm³/mol. The van der Waals surface area contributed by atoms with Crippen LogP contribution >= 0.6 is 0 Å². The lowest BCUT2D eigenvalue weighted by Crippen LogP contribution is -2.24.